The van der Waals surface area contributed by atoms with E-state index < -0.39 is 24.6 Å². The second-order valence-electron chi connectivity index (χ2n) is 4.54. The molecule has 1 unspecified atom stereocenters. The largest absolute Gasteiger partial charge is 0.461 e. The molecule has 7 nitrogen and oxygen atoms in total. The first-order valence-electron chi connectivity index (χ1n) is 6.35. The van der Waals surface area contributed by atoms with Crippen LogP contribution in [-0.2, 0) is 16.1 Å². The van der Waals surface area contributed by atoms with Crippen LogP contribution in [0.3, 0.4) is 0 Å². The standard InChI is InChI=1S/C13H15I3N2O5/c1-5(20)23-4-7-9(14)8(11(16)12(17)10(7)15)13(22)18-2-6(21)3-19/h6,19,21H,2-4,17H2,1H3,(H,18,22). The van der Waals surface area contributed by atoms with E-state index in [2.05, 4.69) is 27.9 Å². The molecule has 0 heterocycles. The molecule has 0 aliphatic heterocycles. The highest BCUT2D eigenvalue weighted by Gasteiger charge is 2.24. The van der Waals surface area contributed by atoms with Crippen molar-refractivity contribution < 1.29 is 24.5 Å². The minimum atomic E-state index is -1.03. The van der Waals surface area contributed by atoms with Gasteiger partial charge in [0.1, 0.15) is 6.61 Å². The van der Waals surface area contributed by atoms with Crippen molar-refractivity contribution in [2.45, 2.75) is 19.6 Å². The smallest absolute Gasteiger partial charge is 0.302 e. The molecule has 0 bridgehead atoms. The Labute approximate surface area is 174 Å². The summed E-state index contributed by atoms with van der Waals surface area (Å²) in [6, 6.07) is 0. The van der Waals surface area contributed by atoms with Crippen molar-refractivity contribution in [2.24, 2.45) is 0 Å². The van der Waals surface area contributed by atoms with E-state index in [0.717, 1.165) is 3.57 Å². The predicted molar refractivity (Wildman–Crippen MR) is 110 cm³/mol. The number of carbonyl (C=O) groups is 2. The molecule has 1 atom stereocenters. The number of ether oxygens (including phenoxy) is 1. The average Bonchev–Trinajstić information content (AvgIpc) is 2.50. The Bertz CT molecular complexity index is 624. The molecule has 1 aromatic rings. The lowest BCUT2D eigenvalue weighted by Gasteiger charge is -2.17. The number of aliphatic hydroxyl groups is 2. The van der Waals surface area contributed by atoms with Crippen LogP contribution >= 0.6 is 67.8 Å². The van der Waals surface area contributed by atoms with Crippen LogP contribution in [0.15, 0.2) is 0 Å². The second-order valence-corrected chi connectivity index (χ2v) is 7.77. The third-order valence-electron chi connectivity index (χ3n) is 2.80. The fraction of sp³-hybridized carbons (Fsp3) is 0.385. The van der Waals surface area contributed by atoms with E-state index in [1.165, 1.54) is 6.92 Å². The van der Waals surface area contributed by atoms with Gasteiger partial charge in [0.25, 0.3) is 5.91 Å². The van der Waals surface area contributed by atoms with Crippen LogP contribution < -0.4 is 11.1 Å². The number of esters is 1. The second kappa shape index (κ2) is 9.53. The summed E-state index contributed by atoms with van der Waals surface area (Å²) in [6.45, 7) is 0.805. The van der Waals surface area contributed by atoms with Gasteiger partial charge in [0.2, 0.25) is 0 Å². The van der Waals surface area contributed by atoms with Crippen LogP contribution in [0.5, 0.6) is 0 Å². The highest BCUT2D eigenvalue weighted by Crippen LogP contribution is 2.34. The van der Waals surface area contributed by atoms with Crippen molar-refractivity contribution >= 4 is 85.3 Å². The van der Waals surface area contributed by atoms with Crippen molar-refractivity contribution in [1.29, 1.82) is 0 Å². The molecule has 1 amide bonds. The number of hydrogen-bond acceptors (Lipinski definition) is 6. The van der Waals surface area contributed by atoms with Crippen molar-refractivity contribution in [3.8, 4) is 0 Å². The molecular weight excluding hydrogens is 645 g/mol. The average molecular weight is 660 g/mol. The molecule has 1 rings (SSSR count). The maximum absolute atomic E-state index is 12.4. The van der Waals surface area contributed by atoms with Gasteiger partial charge in [-0.05, 0) is 67.8 Å². The zero-order valence-electron chi connectivity index (χ0n) is 12.0. The summed E-state index contributed by atoms with van der Waals surface area (Å²) in [5.41, 5.74) is 7.50. The lowest BCUT2D eigenvalue weighted by molar-refractivity contribution is -0.142. The molecule has 0 aromatic heterocycles. The molecule has 5 N–H and O–H groups in total. The third-order valence-corrected chi connectivity index (χ3v) is 6.34. The summed E-state index contributed by atoms with van der Waals surface area (Å²) in [4.78, 5) is 23.4. The van der Waals surface area contributed by atoms with Gasteiger partial charge < -0.3 is 26.0 Å². The highest BCUT2D eigenvalue weighted by atomic mass is 127. The molecule has 0 fully saturated rings. The van der Waals surface area contributed by atoms with Crippen LogP contribution in [0.25, 0.3) is 0 Å². The molecule has 0 saturated heterocycles. The van der Waals surface area contributed by atoms with Gasteiger partial charge >= 0.3 is 5.97 Å². The number of nitrogens with two attached hydrogens (primary N) is 1. The van der Waals surface area contributed by atoms with Gasteiger partial charge in [-0.3, -0.25) is 9.59 Å². The first-order chi connectivity index (χ1) is 10.7. The lowest BCUT2D eigenvalue weighted by Crippen LogP contribution is -2.35. The van der Waals surface area contributed by atoms with E-state index in [1.54, 1.807) is 0 Å². The Morgan fingerprint density at radius 1 is 1.26 bits per heavy atom. The first-order valence-corrected chi connectivity index (χ1v) is 9.59. The van der Waals surface area contributed by atoms with Gasteiger partial charge in [-0.1, -0.05) is 0 Å². The van der Waals surface area contributed by atoms with Crippen LogP contribution in [0.2, 0.25) is 0 Å². The lowest BCUT2D eigenvalue weighted by atomic mass is 10.1. The molecule has 0 spiro atoms. The van der Waals surface area contributed by atoms with Gasteiger partial charge in [-0.25, -0.2) is 0 Å². The number of carbonyl (C=O) groups excluding carboxylic acids is 2. The number of aliphatic hydroxyl groups excluding tert-OH is 2. The Balaban J connectivity index is 3.20. The van der Waals surface area contributed by atoms with Crippen molar-refractivity contribution in [3.63, 3.8) is 0 Å². The fourth-order valence-electron chi connectivity index (χ4n) is 1.60. The Hall–Kier alpha value is 0.0700. The number of anilines is 1. The molecule has 0 saturated carbocycles. The van der Waals surface area contributed by atoms with Crippen LogP contribution in [0.4, 0.5) is 5.69 Å². The minimum absolute atomic E-state index is 0.0204. The van der Waals surface area contributed by atoms with Gasteiger partial charge in [-0.2, -0.15) is 0 Å². The molecule has 128 valence electrons. The summed E-state index contributed by atoms with van der Waals surface area (Å²) in [7, 11) is 0. The number of halogens is 3. The van der Waals surface area contributed by atoms with E-state index in [1.807, 2.05) is 45.2 Å². The Morgan fingerprint density at radius 2 is 1.87 bits per heavy atom. The van der Waals surface area contributed by atoms with Gasteiger partial charge in [-0.15, -0.1) is 0 Å². The number of rotatable bonds is 6. The van der Waals surface area contributed by atoms with Crippen LogP contribution in [0.1, 0.15) is 22.8 Å². The molecule has 0 radical (unpaired) electrons. The molecule has 1 aromatic carbocycles. The topological polar surface area (TPSA) is 122 Å². The van der Waals surface area contributed by atoms with Crippen molar-refractivity contribution in [3.05, 3.63) is 21.8 Å². The predicted octanol–water partition coefficient (Wildman–Crippen LogP) is 1.23. The molecule has 10 heteroatoms. The van der Waals surface area contributed by atoms with Gasteiger partial charge in [0, 0.05) is 26.2 Å². The summed E-state index contributed by atoms with van der Waals surface area (Å²) in [5, 5.41) is 20.7. The number of amides is 1. The molecule has 23 heavy (non-hydrogen) atoms. The number of benzene rings is 1. The van der Waals surface area contributed by atoms with E-state index in [-0.39, 0.29) is 13.2 Å². The molecule has 0 aliphatic rings. The van der Waals surface area contributed by atoms with Gasteiger partial charge in [0.05, 0.1) is 27.5 Å². The maximum atomic E-state index is 12.4. The van der Waals surface area contributed by atoms with E-state index in [0.29, 0.717) is 24.0 Å². The normalized spacial score (nSPS) is 11.9. The molecular formula is C13H15I3N2O5. The third kappa shape index (κ3) is 5.54. The summed E-state index contributed by atoms with van der Waals surface area (Å²) in [6.07, 6.45) is -1.03. The van der Waals surface area contributed by atoms with Crippen molar-refractivity contribution in [1.82, 2.24) is 5.32 Å². The molecule has 0 aliphatic carbocycles. The zero-order valence-corrected chi connectivity index (χ0v) is 18.5. The number of nitrogens with one attached hydrogen (secondary N) is 1. The first kappa shape index (κ1) is 21.1. The van der Waals surface area contributed by atoms with Crippen LogP contribution in [0, 0.1) is 10.7 Å². The summed E-state index contributed by atoms with van der Waals surface area (Å²) in [5.74, 6) is -0.843. The van der Waals surface area contributed by atoms with Crippen molar-refractivity contribution in [2.75, 3.05) is 18.9 Å². The quantitative estimate of drug-likeness (QED) is 0.207. The van der Waals surface area contributed by atoms with Gasteiger partial charge in [0.15, 0.2) is 0 Å². The minimum Gasteiger partial charge on any atom is -0.461 e. The SMILES string of the molecule is CC(=O)OCc1c(I)c(N)c(I)c(C(=O)NCC(O)CO)c1I. The summed E-state index contributed by atoms with van der Waals surface area (Å²) >= 11 is 6.04. The maximum Gasteiger partial charge on any atom is 0.302 e. The Morgan fingerprint density at radius 3 is 2.39 bits per heavy atom. The zero-order chi connectivity index (χ0) is 17.7. The van der Waals surface area contributed by atoms with Crippen LogP contribution in [-0.4, -0.2) is 41.3 Å². The summed E-state index contributed by atoms with van der Waals surface area (Å²) < 4.78 is 6.96. The number of nitrogen functional groups attached to an aromatic ring is 1. The highest BCUT2D eigenvalue weighted by molar-refractivity contribution is 14.1. The van der Waals surface area contributed by atoms with E-state index in [9.17, 15) is 14.7 Å². The van der Waals surface area contributed by atoms with E-state index in [4.69, 9.17) is 15.6 Å². The number of hydrogen-bond donors (Lipinski definition) is 4. The fourth-order valence-corrected chi connectivity index (χ4v) is 5.57. The van der Waals surface area contributed by atoms with E-state index >= 15 is 0 Å². The Kier molecular flexibility index (Phi) is 8.75. The monoisotopic (exact) mass is 660 g/mol.